The zero-order valence-corrected chi connectivity index (χ0v) is 15.6. The van der Waals surface area contributed by atoms with E-state index in [0.717, 1.165) is 29.1 Å². The lowest BCUT2D eigenvalue weighted by molar-refractivity contribution is 0.463. The lowest BCUT2D eigenvalue weighted by Crippen LogP contribution is -2.22. The molecule has 1 fully saturated rings. The van der Waals surface area contributed by atoms with Crippen LogP contribution in [-0.2, 0) is 0 Å². The zero-order valence-electron chi connectivity index (χ0n) is 15.6. The van der Waals surface area contributed by atoms with E-state index in [1.54, 1.807) is 0 Å². The standard InChI is InChI=1S/C23H30N2/c1-4-19-13-14-22(25-21-11-6-5-7-12-21)23(16-19)24-18(3)20-10-8-9-17(2)15-20/h4,8-10,13-14,16-17,21,25H,1,5-7,11-12,15H2,2-3H3. The van der Waals surface area contributed by atoms with Crippen molar-refractivity contribution in [3.8, 4) is 0 Å². The first-order valence-corrected chi connectivity index (χ1v) is 9.62. The molecule has 1 aromatic rings. The third-order valence-corrected chi connectivity index (χ3v) is 5.25. The molecule has 0 spiro atoms. The average Bonchev–Trinajstić information content (AvgIpc) is 2.64. The summed E-state index contributed by atoms with van der Waals surface area (Å²) in [7, 11) is 0. The summed E-state index contributed by atoms with van der Waals surface area (Å²) in [6.45, 7) is 8.29. The third kappa shape index (κ3) is 4.72. The van der Waals surface area contributed by atoms with Crippen LogP contribution in [0.5, 0.6) is 0 Å². The first-order chi connectivity index (χ1) is 12.2. The number of anilines is 1. The summed E-state index contributed by atoms with van der Waals surface area (Å²) >= 11 is 0. The smallest absolute Gasteiger partial charge is 0.0870 e. The highest BCUT2D eigenvalue weighted by molar-refractivity contribution is 6.01. The molecule has 2 aliphatic carbocycles. The van der Waals surface area contributed by atoms with Gasteiger partial charge in [-0.2, -0.15) is 0 Å². The van der Waals surface area contributed by atoms with Gasteiger partial charge < -0.3 is 5.32 Å². The maximum Gasteiger partial charge on any atom is 0.0870 e. The van der Waals surface area contributed by atoms with Gasteiger partial charge in [-0.3, -0.25) is 4.99 Å². The van der Waals surface area contributed by atoms with Crippen molar-refractivity contribution in [2.75, 3.05) is 5.32 Å². The van der Waals surface area contributed by atoms with Crippen LogP contribution >= 0.6 is 0 Å². The summed E-state index contributed by atoms with van der Waals surface area (Å²) in [5.41, 5.74) is 5.75. The molecule has 0 aliphatic heterocycles. The predicted octanol–water partition coefficient (Wildman–Crippen LogP) is 6.69. The fourth-order valence-electron chi connectivity index (χ4n) is 3.72. The van der Waals surface area contributed by atoms with Crippen LogP contribution in [0, 0.1) is 5.92 Å². The molecule has 3 rings (SSSR count). The minimum atomic E-state index is 0.578. The number of nitrogens with one attached hydrogen (secondary N) is 1. The van der Waals surface area contributed by atoms with Crippen molar-refractivity contribution < 1.29 is 0 Å². The third-order valence-electron chi connectivity index (χ3n) is 5.25. The number of nitrogens with zero attached hydrogens (tertiary/aromatic N) is 1. The van der Waals surface area contributed by atoms with E-state index in [1.165, 1.54) is 37.7 Å². The van der Waals surface area contributed by atoms with Gasteiger partial charge in [0.25, 0.3) is 0 Å². The lowest BCUT2D eigenvalue weighted by Gasteiger charge is -2.25. The molecule has 0 bridgehead atoms. The van der Waals surface area contributed by atoms with E-state index < -0.39 is 0 Å². The Labute approximate surface area is 152 Å². The van der Waals surface area contributed by atoms with E-state index in [9.17, 15) is 0 Å². The molecule has 0 heterocycles. The van der Waals surface area contributed by atoms with Crippen LogP contribution in [0.15, 0.2) is 53.6 Å². The van der Waals surface area contributed by atoms with E-state index in [2.05, 4.69) is 62.2 Å². The number of allylic oxidation sites excluding steroid dienone is 4. The van der Waals surface area contributed by atoms with Crippen molar-refractivity contribution in [1.29, 1.82) is 0 Å². The van der Waals surface area contributed by atoms with Crippen molar-refractivity contribution in [2.45, 2.75) is 58.4 Å². The molecule has 25 heavy (non-hydrogen) atoms. The maximum absolute atomic E-state index is 5.00. The summed E-state index contributed by atoms with van der Waals surface area (Å²) in [5, 5.41) is 3.74. The Kier molecular flexibility index (Phi) is 5.91. The second kappa shape index (κ2) is 8.33. The Balaban J connectivity index is 1.87. The lowest BCUT2D eigenvalue weighted by atomic mass is 9.93. The number of aliphatic imine (C=N–C) groups is 1. The normalized spacial score (nSPS) is 21.8. The van der Waals surface area contributed by atoms with Gasteiger partial charge in [0.15, 0.2) is 0 Å². The summed E-state index contributed by atoms with van der Waals surface area (Å²) in [6.07, 6.45) is 16.1. The van der Waals surface area contributed by atoms with Crippen LogP contribution < -0.4 is 5.32 Å². The highest BCUT2D eigenvalue weighted by Gasteiger charge is 2.15. The molecular formula is C23H30N2. The molecule has 1 aromatic carbocycles. The zero-order chi connectivity index (χ0) is 17.6. The van der Waals surface area contributed by atoms with Crippen LogP contribution in [0.1, 0.15) is 57.9 Å². The topological polar surface area (TPSA) is 24.4 Å². The molecule has 1 saturated carbocycles. The molecule has 0 radical (unpaired) electrons. The Bertz CT molecular complexity index is 703. The van der Waals surface area contributed by atoms with Crippen LogP contribution in [-0.4, -0.2) is 11.8 Å². The molecule has 2 heteroatoms. The number of hydrogen-bond donors (Lipinski definition) is 1. The van der Waals surface area contributed by atoms with Gasteiger partial charge in [-0.25, -0.2) is 0 Å². The van der Waals surface area contributed by atoms with Gasteiger partial charge in [-0.05, 0) is 55.4 Å². The van der Waals surface area contributed by atoms with Crippen LogP contribution in [0.4, 0.5) is 11.4 Å². The molecule has 132 valence electrons. The van der Waals surface area contributed by atoms with Crippen molar-refractivity contribution in [3.63, 3.8) is 0 Å². The minimum absolute atomic E-state index is 0.578. The number of hydrogen-bond acceptors (Lipinski definition) is 2. The van der Waals surface area contributed by atoms with Gasteiger partial charge in [0.1, 0.15) is 0 Å². The highest BCUT2D eigenvalue weighted by Crippen LogP contribution is 2.31. The van der Waals surface area contributed by atoms with Crippen molar-refractivity contribution in [1.82, 2.24) is 0 Å². The van der Waals surface area contributed by atoms with Crippen LogP contribution in [0.3, 0.4) is 0 Å². The van der Waals surface area contributed by atoms with Crippen molar-refractivity contribution in [2.24, 2.45) is 10.9 Å². The first kappa shape index (κ1) is 17.7. The minimum Gasteiger partial charge on any atom is -0.381 e. The molecule has 1 N–H and O–H groups in total. The molecule has 0 amide bonds. The van der Waals surface area contributed by atoms with E-state index >= 15 is 0 Å². The summed E-state index contributed by atoms with van der Waals surface area (Å²) in [4.78, 5) is 5.00. The van der Waals surface area contributed by atoms with Gasteiger partial charge in [0, 0.05) is 11.8 Å². The maximum atomic E-state index is 5.00. The summed E-state index contributed by atoms with van der Waals surface area (Å²) in [6, 6.07) is 7.01. The van der Waals surface area contributed by atoms with Gasteiger partial charge in [-0.15, -0.1) is 0 Å². The van der Waals surface area contributed by atoms with E-state index in [0.29, 0.717) is 12.0 Å². The second-order valence-electron chi connectivity index (χ2n) is 7.42. The first-order valence-electron chi connectivity index (χ1n) is 9.62. The number of rotatable bonds is 5. The van der Waals surface area contributed by atoms with Crippen LogP contribution in [0.25, 0.3) is 6.08 Å². The Hall–Kier alpha value is -2.09. The Morgan fingerprint density at radius 3 is 2.76 bits per heavy atom. The van der Waals surface area contributed by atoms with Gasteiger partial charge in [-0.1, -0.05) is 63.1 Å². The fraction of sp³-hybridized carbons (Fsp3) is 0.435. The largest absolute Gasteiger partial charge is 0.381 e. The molecule has 0 saturated heterocycles. The molecule has 2 nitrogen and oxygen atoms in total. The quantitative estimate of drug-likeness (QED) is 0.596. The fourth-order valence-corrected chi connectivity index (χ4v) is 3.72. The highest BCUT2D eigenvalue weighted by atomic mass is 14.9. The van der Waals surface area contributed by atoms with Gasteiger partial charge in [0.2, 0.25) is 0 Å². The van der Waals surface area contributed by atoms with E-state index in [4.69, 9.17) is 4.99 Å². The van der Waals surface area contributed by atoms with E-state index in [1.807, 2.05) is 6.08 Å². The average molecular weight is 335 g/mol. The van der Waals surface area contributed by atoms with Crippen molar-refractivity contribution >= 4 is 23.2 Å². The summed E-state index contributed by atoms with van der Waals surface area (Å²) in [5.74, 6) is 0.587. The molecule has 1 unspecified atom stereocenters. The molecule has 1 atom stereocenters. The molecular weight excluding hydrogens is 304 g/mol. The van der Waals surface area contributed by atoms with E-state index in [-0.39, 0.29) is 0 Å². The van der Waals surface area contributed by atoms with Crippen LogP contribution in [0.2, 0.25) is 0 Å². The Morgan fingerprint density at radius 2 is 2.04 bits per heavy atom. The molecule has 0 aromatic heterocycles. The predicted molar refractivity (Wildman–Crippen MR) is 111 cm³/mol. The Morgan fingerprint density at radius 1 is 1.24 bits per heavy atom. The van der Waals surface area contributed by atoms with Gasteiger partial charge in [0.05, 0.1) is 11.4 Å². The monoisotopic (exact) mass is 334 g/mol. The second-order valence-corrected chi connectivity index (χ2v) is 7.42. The van der Waals surface area contributed by atoms with Gasteiger partial charge >= 0.3 is 0 Å². The summed E-state index contributed by atoms with van der Waals surface area (Å²) < 4.78 is 0. The number of benzene rings is 1. The molecule has 2 aliphatic rings. The van der Waals surface area contributed by atoms with Crippen molar-refractivity contribution in [3.05, 3.63) is 54.1 Å². The SMILES string of the molecule is C=Cc1ccc(NC2CCCCC2)c(N=C(C)C2=CC=CC(C)C2)c1.